The summed E-state index contributed by atoms with van der Waals surface area (Å²) < 4.78 is 20.4. The normalized spacial score (nSPS) is 27.8. The first-order valence-corrected chi connectivity index (χ1v) is 9.43. The SMILES string of the molecule is COC(=O)c1cc2c(c([C@@]3(N4CCCC4=O)C(=O)CCC[C@H]3F)c1)CNC2. The molecule has 0 unspecified atom stereocenters. The number of likely N-dealkylation sites (tertiary alicyclic amines) is 1. The highest BCUT2D eigenvalue weighted by Gasteiger charge is 2.57. The van der Waals surface area contributed by atoms with Crippen molar-refractivity contribution in [3.63, 3.8) is 0 Å². The van der Waals surface area contributed by atoms with Gasteiger partial charge in [0.05, 0.1) is 12.7 Å². The molecule has 144 valence electrons. The van der Waals surface area contributed by atoms with Crippen molar-refractivity contribution in [2.24, 2.45) is 0 Å². The van der Waals surface area contributed by atoms with Gasteiger partial charge < -0.3 is 15.0 Å². The van der Waals surface area contributed by atoms with Crippen LogP contribution in [0.1, 0.15) is 59.2 Å². The summed E-state index contributed by atoms with van der Waals surface area (Å²) in [7, 11) is 1.29. The van der Waals surface area contributed by atoms with Crippen molar-refractivity contribution in [2.75, 3.05) is 13.7 Å². The molecule has 1 amide bonds. The number of halogens is 1. The van der Waals surface area contributed by atoms with Crippen molar-refractivity contribution in [3.8, 4) is 0 Å². The van der Waals surface area contributed by atoms with Crippen LogP contribution in [0.5, 0.6) is 0 Å². The molecule has 2 fully saturated rings. The number of benzene rings is 1. The van der Waals surface area contributed by atoms with Gasteiger partial charge in [0.25, 0.3) is 0 Å². The number of amides is 1. The summed E-state index contributed by atoms with van der Waals surface area (Å²) in [5.74, 6) is -1.00. The summed E-state index contributed by atoms with van der Waals surface area (Å²) in [6.07, 6.45) is 0.366. The molecule has 3 aliphatic rings. The number of alkyl halides is 1. The van der Waals surface area contributed by atoms with Crippen molar-refractivity contribution in [1.82, 2.24) is 10.2 Å². The minimum atomic E-state index is -1.63. The molecule has 7 heteroatoms. The number of ketones is 1. The predicted octanol–water partition coefficient (Wildman–Crippen LogP) is 1.99. The molecular weight excluding hydrogens is 351 g/mol. The van der Waals surface area contributed by atoms with E-state index in [9.17, 15) is 14.4 Å². The number of nitrogens with one attached hydrogen (secondary N) is 1. The van der Waals surface area contributed by atoms with Gasteiger partial charge in [-0.3, -0.25) is 9.59 Å². The third kappa shape index (κ3) is 2.59. The van der Waals surface area contributed by atoms with Crippen molar-refractivity contribution in [1.29, 1.82) is 0 Å². The zero-order valence-corrected chi connectivity index (χ0v) is 15.3. The van der Waals surface area contributed by atoms with E-state index in [1.54, 1.807) is 12.1 Å². The Morgan fingerprint density at radius 2 is 2.07 bits per heavy atom. The van der Waals surface area contributed by atoms with Crippen LogP contribution in [0.15, 0.2) is 12.1 Å². The van der Waals surface area contributed by atoms with E-state index in [2.05, 4.69) is 5.32 Å². The molecule has 2 heterocycles. The van der Waals surface area contributed by atoms with Crippen LogP contribution >= 0.6 is 0 Å². The van der Waals surface area contributed by atoms with Crippen LogP contribution in [-0.4, -0.2) is 42.4 Å². The summed E-state index contributed by atoms with van der Waals surface area (Å²) in [5.41, 5.74) is 0.778. The Bertz CT molecular complexity index is 824. The molecule has 2 atom stereocenters. The van der Waals surface area contributed by atoms with Gasteiger partial charge in [-0.1, -0.05) is 0 Å². The van der Waals surface area contributed by atoms with Crippen molar-refractivity contribution in [3.05, 3.63) is 34.4 Å². The highest BCUT2D eigenvalue weighted by Crippen LogP contribution is 2.46. The summed E-state index contributed by atoms with van der Waals surface area (Å²) in [4.78, 5) is 39.5. The maximum absolute atomic E-state index is 15.6. The van der Waals surface area contributed by atoms with E-state index < -0.39 is 17.7 Å². The van der Waals surface area contributed by atoms with Crippen LogP contribution in [0.4, 0.5) is 4.39 Å². The topological polar surface area (TPSA) is 75.7 Å². The largest absolute Gasteiger partial charge is 0.465 e. The Balaban J connectivity index is 1.98. The average molecular weight is 374 g/mol. The van der Waals surface area contributed by atoms with Gasteiger partial charge in [0.2, 0.25) is 5.91 Å². The molecule has 0 radical (unpaired) electrons. The third-order valence-corrected chi connectivity index (χ3v) is 6.03. The van der Waals surface area contributed by atoms with E-state index in [0.29, 0.717) is 44.5 Å². The number of esters is 1. The number of rotatable bonds is 3. The molecule has 1 aromatic carbocycles. The molecular formula is C20H23FN2O4. The second kappa shape index (κ2) is 6.71. The van der Waals surface area contributed by atoms with E-state index in [1.165, 1.54) is 12.0 Å². The molecule has 1 N–H and O–H groups in total. The number of nitrogens with zero attached hydrogens (tertiary/aromatic N) is 1. The Hall–Kier alpha value is -2.28. The quantitative estimate of drug-likeness (QED) is 0.819. The summed E-state index contributed by atoms with van der Waals surface area (Å²) >= 11 is 0. The smallest absolute Gasteiger partial charge is 0.337 e. The monoisotopic (exact) mass is 374 g/mol. The minimum absolute atomic E-state index is 0.198. The summed E-state index contributed by atoms with van der Waals surface area (Å²) in [6, 6.07) is 3.30. The van der Waals surface area contributed by atoms with E-state index in [4.69, 9.17) is 4.74 Å². The lowest BCUT2D eigenvalue weighted by Crippen LogP contribution is -2.60. The molecule has 1 saturated carbocycles. The summed E-state index contributed by atoms with van der Waals surface area (Å²) in [5, 5.41) is 3.21. The van der Waals surface area contributed by atoms with Gasteiger partial charge in [0.15, 0.2) is 11.3 Å². The van der Waals surface area contributed by atoms with E-state index in [-0.39, 0.29) is 30.1 Å². The lowest BCUT2D eigenvalue weighted by atomic mass is 9.70. The first-order valence-electron chi connectivity index (χ1n) is 9.43. The first kappa shape index (κ1) is 18.1. The number of carbonyl (C=O) groups excluding carboxylic acids is 3. The molecule has 0 aromatic heterocycles. The Labute approximate surface area is 157 Å². The fourth-order valence-corrected chi connectivity index (χ4v) is 4.82. The van der Waals surface area contributed by atoms with Gasteiger partial charge in [-0.15, -0.1) is 0 Å². The number of methoxy groups -OCH3 is 1. The maximum atomic E-state index is 15.6. The Morgan fingerprint density at radius 1 is 1.26 bits per heavy atom. The van der Waals surface area contributed by atoms with Crippen LogP contribution in [0.2, 0.25) is 0 Å². The minimum Gasteiger partial charge on any atom is -0.465 e. The fourth-order valence-electron chi connectivity index (χ4n) is 4.82. The number of hydrogen-bond acceptors (Lipinski definition) is 5. The van der Waals surface area contributed by atoms with Crippen LogP contribution in [0.3, 0.4) is 0 Å². The van der Waals surface area contributed by atoms with Crippen molar-refractivity contribution >= 4 is 17.7 Å². The van der Waals surface area contributed by atoms with Crippen LogP contribution < -0.4 is 5.32 Å². The van der Waals surface area contributed by atoms with Gasteiger partial charge in [-0.05, 0) is 48.1 Å². The molecule has 0 spiro atoms. The van der Waals surface area contributed by atoms with Gasteiger partial charge in [0, 0.05) is 32.5 Å². The summed E-state index contributed by atoms with van der Waals surface area (Å²) in [6.45, 7) is 1.37. The highest BCUT2D eigenvalue weighted by molar-refractivity contribution is 5.97. The molecule has 1 aromatic rings. The fraction of sp³-hybridized carbons (Fsp3) is 0.550. The zero-order chi connectivity index (χ0) is 19.2. The lowest BCUT2D eigenvalue weighted by molar-refractivity contribution is -0.152. The highest BCUT2D eigenvalue weighted by atomic mass is 19.1. The zero-order valence-electron chi connectivity index (χ0n) is 15.3. The van der Waals surface area contributed by atoms with Crippen LogP contribution in [0.25, 0.3) is 0 Å². The van der Waals surface area contributed by atoms with E-state index >= 15 is 4.39 Å². The van der Waals surface area contributed by atoms with Gasteiger partial charge in [0.1, 0.15) is 6.17 Å². The van der Waals surface area contributed by atoms with E-state index in [0.717, 1.165) is 11.1 Å². The van der Waals surface area contributed by atoms with Gasteiger partial charge in [-0.2, -0.15) is 0 Å². The Kier molecular flexibility index (Phi) is 4.50. The number of carbonyl (C=O) groups is 3. The first-order chi connectivity index (χ1) is 13.0. The number of fused-ring (bicyclic) bond motifs is 1. The van der Waals surface area contributed by atoms with Gasteiger partial charge in [-0.25, -0.2) is 9.18 Å². The molecule has 2 aliphatic heterocycles. The second-order valence-corrected chi connectivity index (χ2v) is 7.45. The number of hydrogen-bond donors (Lipinski definition) is 1. The predicted molar refractivity (Wildman–Crippen MR) is 94.7 cm³/mol. The molecule has 6 nitrogen and oxygen atoms in total. The molecule has 0 bridgehead atoms. The molecule has 1 aliphatic carbocycles. The van der Waals surface area contributed by atoms with Crippen molar-refractivity contribution < 1.29 is 23.5 Å². The lowest BCUT2D eigenvalue weighted by Gasteiger charge is -2.46. The molecule has 4 rings (SSSR count). The maximum Gasteiger partial charge on any atom is 0.337 e. The van der Waals surface area contributed by atoms with Gasteiger partial charge >= 0.3 is 5.97 Å². The number of Topliss-reactive ketones (excluding diaryl/α,β-unsaturated/α-hetero) is 1. The van der Waals surface area contributed by atoms with Crippen LogP contribution in [-0.2, 0) is 33.0 Å². The van der Waals surface area contributed by atoms with E-state index in [1.807, 2.05) is 0 Å². The third-order valence-electron chi connectivity index (χ3n) is 6.03. The standard InChI is InChI=1S/C20H23FN2O4/c1-27-19(26)12-8-13-10-22-11-14(13)15(9-12)20(23-7-3-6-18(23)25)16(21)4-2-5-17(20)24/h8-9,16,22H,2-7,10-11H2,1H3/t16-,20+/m1/s1. The molecule has 27 heavy (non-hydrogen) atoms. The Morgan fingerprint density at radius 3 is 2.74 bits per heavy atom. The average Bonchev–Trinajstić information content (AvgIpc) is 3.30. The number of ether oxygens (including phenoxy) is 1. The molecule has 1 saturated heterocycles. The second-order valence-electron chi connectivity index (χ2n) is 7.45. The van der Waals surface area contributed by atoms with Crippen LogP contribution in [0, 0.1) is 0 Å². The van der Waals surface area contributed by atoms with Crippen molar-refractivity contribution in [2.45, 2.75) is 56.9 Å².